The Bertz CT molecular complexity index is 351. The average molecular weight is 261 g/mol. The third-order valence-corrected chi connectivity index (χ3v) is 3.99. The Hall–Kier alpha value is -1.06. The van der Waals surface area contributed by atoms with Crippen LogP contribution in [-0.4, -0.2) is 50.7 Å². The molecule has 0 amide bonds. The molecule has 1 N–H and O–H groups in total. The maximum Gasteiger partial charge on any atom is 0.0366 e. The molecule has 3 nitrogen and oxygen atoms in total. The van der Waals surface area contributed by atoms with E-state index >= 15 is 0 Å². The summed E-state index contributed by atoms with van der Waals surface area (Å²) in [5.41, 5.74) is 2.80. The molecule has 106 valence electrons. The van der Waals surface area contributed by atoms with Gasteiger partial charge in [0.1, 0.15) is 0 Å². The largest absolute Gasteiger partial charge is 0.372 e. The molecule has 2 rings (SSSR count). The topological polar surface area (TPSA) is 18.5 Å². The van der Waals surface area contributed by atoms with E-state index in [2.05, 4.69) is 53.2 Å². The van der Waals surface area contributed by atoms with Gasteiger partial charge in [0.15, 0.2) is 0 Å². The highest BCUT2D eigenvalue weighted by Gasteiger charge is 2.09. The Morgan fingerprint density at radius 2 is 1.68 bits per heavy atom. The van der Waals surface area contributed by atoms with Crippen molar-refractivity contribution in [1.29, 1.82) is 0 Å². The summed E-state index contributed by atoms with van der Waals surface area (Å²) in [6.45, 7) is 12.4. The summed E-state index contributed by atoms with van der Waals surface area (Å²) in [5.74, 6) is 0. The summed E-state index contributed by atoms with van der Waals surface area (Å²) < 4.78 is 0. The second kappa shape index (κ2) is 7.51. The molecule has 0 aromatic heterocycles. The van der Waals surface area contributed by atoms with Gasteiger partial charge < -0.3 is 15.1 Å². The SMILES string of the molecule is CCN(CC)c1ccc(CCN2CCNCC2)cc1. The van der Waals surface area contributed by atoms with Crippen LogP contribution >= 0.6 is 0 Å². The Morgan fingerprint density at radius 1 is 1.05 bits per heavy atom. The average Bonchev–Trinajstić information content (AvgIpc) is 2.49. The van der Waals surface area contributed by atoms with Gasteiger partial charge in [0, 0.05) is 51.5 Å². The van der Waals surface area contributed by atoms with Crippen LogP contribution < -0.4 is 10.2 Å². The van der Waals surface area contributed by atoms with E-state index in [1.54, 1.807) is 0 Å². The van der Waals surface area contributed by atoms with Gasteiger partial charge in [0.05, 0.1) is 0 Å². The number of rotatable bonds is 6. The second-order valence-electron chi connectivity index (χ2n) is 5.18. The molecule has 1 fully saturated rings. The lowest BCUT2D eigenvalue weighted by Crippen LogP contribution is -2.44. The summed E-state index contributed by atoms with van der Waals surface area (Å²) in [7, 11) is 0. The third kappa shape index (κ3) is 4.22. The molecular formula is C16H27N3. The highest BCUT2D eigenvalue weighted by molar-refractivity contribution is 5.47. The summed E-state index contributed by atoms with van der Waals surface area (Å²) >= 11 is 0. The van der Waals surface area contributed by atoms with Crippen molar-refractivity contribution in [3.8, 4) is 0 Å². The molecule has 0 saturated carbocycles. The number of benzene rings is 1. The minimum Gasteiger partial charge on any atom is -0.372 e. The Kier molecular flexibility index (Phi) is 5.67. The van der Waals surface area contributed by atoms with Gasteiger partial charge in [-0.05, 0) is 38.0 Å². The van der Waals surface area contributed by atoms with Crippen molar-refractivity contribution in [2.45, 2.75) is 20.3 Å². The zero-order chi connectivity index (χ0) is 13.5. The van der Waals surface area contributed by atoms with E-state index in [0.717, 1.165) is 26.2 Å². The van der Waals surface area contributed by atoms with Crippen LogP contribution in [0.4, 0.5) is 5.69 Å². The first-order valence-electron chi connectivity index (χ1n) is 7.60. The molecule has 0 aliphatic carbocycles. The van der Waals surface area contributed by atoms with Crippen LogP contribution in [0, 0.1) is 0 Å². The fraction of sp³-hybridized carbons (Fsp3) is 0.625. The first-order valence-corrected chi connectivity index (χ1v) is 7.60. The molecular weight excluding hydrogens is 234 g/mol. The van der Waals surface area contributed by atoms with Gasteiger partial charge >= 0.3 is 0 Å². The van der Waals surface area contributed by atoms with Crippen molar-refractivity contribution < 1.29 is 0 Å². The summed E-state index contributed by atoms with van der Waals surface area (Å²) in [6.07, 6.45) is 1.17. The lowest BCUT2D eigenvalue weighted by atomic mass is 10.1. The molecule has 1 aliphatic heterocycles. The highest BCUT2D eigenvalue weighted by Crippen LogP contribution is 2.15. The first kappa shape index (κ1) is 14.4. The van der Waals surface area contributed by atoms with Crippen LogP contribution in [0.25, 0.3) is 0 Å². The van der Waals surface area contributed by atoms with Gasteiger partial charge in [-0.1, -0.05) is 12.1 Å². The first-order chi connectivity index (χ1) is 9.33. The number of hydrogen-bond donors (Lipinski definition) is 1. The highest BCUT2D eigenvalue weighted by atomic mass is 15.2. The van der Waals surface area contributed by atoms with Crippen molar-refractivity contribution >= 4 is 5.69 Å². The monoisotopic (exact) mass is 261 g/mol. The summed E-state index contributed by atoms with van der Waals surface area (Å²) in [6, 6.07) is 9.10. The van der Waals surface area contributed by atoms with Crippen molar-refractivity contribution in [2.75, 3.05) is 50.7 Å². The minimum absolute atomic E-state index is 1.08. The van der Waals surface area contributed by atoms with Crippen LogP contribution in [0.3, 0.4) is 0 Å². The third-order valence-electron chi connectivity index (χ3n) is 3.99. The quantitative estimate of drug-likeness (QED) is 0.845. The maximum absolute atomic E-state index is 3.40. The van der Waals surface area contributed by atoms with E-state index in [-0.39, 0.29) is 0 Å². The number of hydrogen-bond acceptors (Lipinski definition) is 3. The molecule has 0 unspecified atom stereocenters. The normalized spacial score (nSPS) is 16.5. The fourth-order valence-electron chi connectivity index (χ4n) is 2.68. The predicted octanol–water partition coefficient (Wildman–Crippen LogP) is 1.98. The fourth-order valence-corrected chi connectivity index (χ4v) is 2.68. The zero-order valence-corrected chi connectivity index (χ0v) is 12.4. The van der Waals surface area contributed by atoms with Crippen molar-refractivity contribution in [3.63, 3.8) is 0 Å². The summed E-state index contributed by atoms with van der Waals surface area (Å²) in [4.78, 5) is 4.94. The molecule has 0 radical (unpaired) electrons. The molecule has 1 saturated heterocycles. The summed E-state index contributed by atoms with van der Waals surface area (Å²) in [5, 5.41) is 3.40. The van der Waals surface area contributed by atoms with Gasteiger partial charge in [-0.2, -0.15) is 0 Å². The van der Waals surface area contributed by atoms with Crippen LogP contribution in [0.2, 0.25) is 0 Å². The molecule has 1 aliphatic rings. The van der Waals surface area contributed by atoms with Crippen molar-refractivity contribution in [2.24, 2.45) is 0 Å². The molecule has 0 atom stereocenters. The van der Waals surface area contributed by atoms with Crippen molar-refractivity contribution in [3.05, 3.63) is 29.8 Å². The Morgan fingerprint density at radius 3 is 2.26 bits per heavy atom. The Labute approximate surface area is 117 Å². The molecule has 0 spiro atoms. The number of anilines is 1. The van der Waals surface area contributed by atoms with Gasteiger partial charge in [-0.25, -0.2) is 0 Å². The molecule has 1 heterocycles. The van der Waals surface area contributed by atoms with E-state index in [1.807, 2.05) is 0 Å². The maximum atomic E-state index is 3.40. The second-order valence-corrected chi connectivity index (χ2v) is 5.18. The van der Waals surface area contributed by atoms with Gasteiger partial charge in [0.25, 0.3) is 0 Å². The van der Waals surface area contributed by atoms with E-state index in [0.29, 0.717) is 0 Å². The smallest absolute Gasteiger partial charge is 0.0366 e. The van der Waals surface area contributed by atoms with Gasteiger partial charge in [-0.3, -0.25) is 0 Å². The molecule has 0 bridgehead atoms. The van der Waals surface area contributed by atoms with Crippen LogP contribution in [-0.2, 0) is 6.42 Å². The van der Waals surface area contributed by atoms with Gasteiger partial charge in [0.2, 0.25) is 0 Å². The molecule has 3 heteroatoms. The zero-order valence-electron chi connectivity index (χ0n) is 12.4. The predicted molar refractivity (Wildman–Crippen MR) is 83.0 cm³/mol. The lowest BCUT2D eigenvalue weighted by Gasteiger charge is -2.27. The van der Waals surface area contributed by atoms with Crippen molar-refractivity contribution in [1.82, 2.24) is 10.2 Å². The number of nitrogens with zero attached hydrogens (tertiary/aromatic N) is 2. The Balaban J connectivity index is 1.84. The lowest BCUT2D eigenvalue weighted by molar-refractivity contribution is 0.244. The molecule has 1 aromatic rings. The number of nitrogens with one attached hydrogen (secondary N) is 1. The molecule has 1 aromatic carbocycles. The minimum atomic E-state index is 1.08. The standard InChI is InChI=1S/C16H27N3/c1-3-19(4-2)16-7-5-15(6-8-16)9-12-18-13-10-17-11-14-18/h5-8,17H,3-4,9-14H2,1-2H3. The van der Waals surface area contributed by atoms with E-state index in [9.17, 15) is 0 Å². The molecule has 19 heavy (non-hydrogen) atoms. The number of piperazine rings is 1. The van der Waals surface area contributed by atoms with E-state index in [1.165, 1.54) is 37.3 Å². The van der Waals surface area contributed by atoms with Crippen LogP contribution in [0.5, 0.6) is 0 Å². The van der Waals surface area contributed by atoms with Crippen LogP contribution in [0.15, 0.2) is 24.3 Å². The van der Waals surface area contributed by atoms with Gasteiger partial charge in [-0.15, -0.1) is 0 Å². The van der Waals surface area contributed by atoms with E-state index in [4.69, 9.17) is 0 Å². The van der Waals surface area contributed by atoms with E-state index < -0.39 is 0 Å². The van der Waals surface area contributed by atoms with Crippen LogP contribution in [0.1, 0.15) is 19.4 Å².